The fourth-order valence-corrected chi connectivity index (χ4v) is 7.84. The van der Waals surface area contributed by atoms with Crippen molar-refractivity contribution >= 4 is 17.9 Å². The van der Waals surface area contributed by atoms with Crippen LogP contribution in [0.15, 0.2) is 91.0 Å². The molecule has 0 aliphatic carbocycles. The fraction of sp³-hybridized carbons (Fsp3) is 0.618. The smallest absolute Gasteiger partial charge is 0.347 e. The number of carbonyl (C=O) groups is 3. The lowest BCUT2D eigenvalue weighted by atomic mass is 9.86. The quantitative estimate of drug-likeness (QED) is 0.0543. The predicted octanol–water partition coefficient (Wildman–Crippen LogP) is 11.3. The number of piperidine rings is 1. The van der Waals surface area contributed by atoms with Crippen LogP contribution in [0.1, 0.15) is 142 Å². The molecule has 0 spiro atoms. The van der Waals surface area contributed by atoms with Gasteiger partial charge in [0.2, 0.25) is 5.60 Å². The van der Waals surface area contributed by atoms with Crippen molar-refractivity contribution in [1.29, 1.82) is 0 Å². The molecule has 3 aromatic rings. The molecular weight excluding hydrogens is 801 g/mol. The van der Waals surface area contributed by atoms with E-state index in [9.17, 15) is 19.5 Å². The van der Waals surface area contributed by atoms with Crippen molar-refractivity contribution in [2.75, 3.05) is 61.0 Å². The molecule has 0 saturated carbocycles. The number of benzene rings is 3. The lowest BCUT2D eigenvalue weighted by Crippen LogP contribution is -2.49. The van der Waals surface area contributed by atoms with E-state index >= 15 is 0 Å². The Hall–Kier alpha value is -4.05. The van der Waals surface area contributed by atoms with Crippen LogP contribution in [-0.4, -0.2) is 99.1 Å². The van der Waals surface area contributed by atoms with Crippen molar-refractivity contribution in [2.45, 2.75) is 143 Å². The number of esters is 3. The number of hydrogen-bond acceptors (Lipinski definition) is 7. The Balaban J connectivity index is 0.000000344. The van der Waals surface area contributed by atoms with E-state index in [-0.39, 0.29) is 24.5 Å². The first kappa shape index (κ1) is 56.1. The van der Waals surface area contributed by atoms with Gasteiger partial charge >= 0.3 is 17.9 Å². The van der Waals surface area contributed by atoms with Crippen molar-refractivity contribution < 1.29 is 42.7 Å². The standard InChI is InChI=1S/C21H26NO3.C21H40O4.C13H22N/c1-22(2)15-13-19(14-16-22)25-20(23)21(24,17-9-5-3-6-10-17)18-11-7-4-8-12-18;1-6-10-12-18(8-3)15-24-20(22)14-17(5)21(23)25-16-19(9-4)13-11-7-2;1-4-5-11-14(2,3)12-13-9-7-6-8-10-13/h3-12,19,24H,13-16H2,1-2H3;17-19H,6-16H2,1-5H3;6-10H,4-5,11-12H2,1-3H3/q+1;;+1. The van der Waals surface area contributed by atoms with Gasteiger partial charge in [0.1, 0.15) is 12.6 Å². The number of hydrogen-bond donors (Lipinski definition) is 1. The van der Waals surface area contributed by atoms with Crippen LogP contribution in [0.5, 0.6) is 0 Å². The zero-order valence-corrected chi connectivity index (χ0v) is 41.7. The minimum Gasteiger partial charge on any atom is -0.465 e. The number of unbranched alkanes of at least 4 members (excludes halogenated alkanes) is 3. The first-order valence-corrected chi connectivity index (χ1v) is 24.6. The molecule has 9 heteroatoms. The van der Waals surface area contributed by atoms with Gasteiger partial charge in [0, 0.05) is 18.4 Å². The summed E-state index contributed by atoms with van der Waals surface area (Å²) in [4.78, 5) is 37.1. The van der Waals surface area contributed by atoms with Crippen molar-refractivity contribution in [3.63, 3.8) is 0 Å². The molecule has 1 aliphatic rings. The average Bonchev–Trinajstić information content (AvgIpc) is 3.30. The molecule has 1 saturated heterocycles. The summed E-state index contributed by atoms with van der Waals surface area (Å²) in [6.07, 6.45) is 13.1. The molecule has 358 valence electrons. The Morgan fingerprint density at radius 3 is 1.61 bits per heavy atom. The molecule has 3 atom stereocenters. The van der Waals surface area contributed by atoms with E-state index in [0.717, 1.165) is 92.8 Å². The van der Waals surface area contributed by atoms with Crippen LogP contribution in [-0.2, 0) is 40.7 Å². The van der Waals surface area contributed by atoms with Gasteiger partial charge in [0.15, 0.2) is 0 Å². The second-order valence-corrected chi connectivity index (χ2v) is 19.3. The van der Waals surface area contributed by atoms with Gasteiger partial charge < -0.3 is 28.3 Å². The molecule has 4 rings (SSSR count). The SMILES string of the molecule is CCCCC(CC)COC(=O)CC(C)C(=O)OCC(CC)CCCC.CCCC[N+](C)(C)Cc1ccccc1.C[N+]1(C)CCC(OC(=O)C(O)(c2ccccc2)c2ccccc2)CC1. The molecule has 0 radical (unpaired) electrons. The van der Waals surface area contributed by atoms with Crippen LogP contribution in [0.3, 0.4) is 0 Å². The van der Waals surface area contributed by atoms with Crippen LogP contribution in [0.25, 0.3) is 0 Å². The van der Waals surface area contributed by atoms with E-state index in [2.05, 4.69) is 93.1 Å². The summed E-state index contributed by atoms with van der Waals surface area (Å²) in [5.41, 5.74) is 0.703. The largest absolute Gasteiger partial charge is 0.465 e. The first-order valence-electron chi connectivity index (χ1n) is 24.6. The van der Waals surface area contributed by atoms with Crippen LogP contribution < -0.4 is 0 Å². The number of rotatable bonds is 24. The van der Waals surface area contributed by atoms with E-state index in [1.54, 1.807) is 31.2 Å². The molecule has 9 nitrogen and oxygen atoms in total. The summed E-state index contributed by atoms with van der Waals surface area (Å²) in [6, 6.07) is 28.8. The highest BCUT2D eigenvalue weighted by Crippen LogP contribution is 2.32. The summed E-state index contributed by atoms with van der Waals surface area (Å²) in [5, 5.41) is 11.4. The number of quaternary nitrogens is 2. The topological polar surface area (TPSA) is 99.1 Å². The molecule has 3 aromatic carbocycles. The summed E-state index contributed by atoms with van der Waals surface area (Å²) < 4.78 is 18.6. The molecule has 1 aliphatic heterocycles. The number of aliphatic hydroxyl groups is 1. The maximum atomic E-state index is 13.0. The van der Waals surface area contributed by atoms with Crippen molar-refractivity contribution in [1.82, 2.24) is 0 Å². The number of likely N-dealkylation sites (tertiary alicyclic amines) is 1. The second-order valence-electron chi connectivity index (χ2n) is 19.3. The Morgan fingerprint density at radius 2 is 1.16 bits per heavy atom. The van der Waals surface area contributed by atoms with Gasteiger partial charge in [-0.3, -0.25) is 9.59 Å². The van der Waals surface area contributed by atoms with Gasteiger partial charge in [-0.15, -0.1) is 0 Å². The van der Waals surface area contributed by atoms with Crippen LogP contribution in [0.2, 0.25) is 0 Å². The van der Waals surface area contributed by atoms with E-state index in [0.29, 0.717) is 36.2 Å². The predicted molar refractivity (Wildman–Crippen MR) is 261 cm³/mol. The Morgan fingerprint density at radius 1 is 0.703 bits per heavy atom. The highest BCUT2D eigenvalue weighted by Gasteiger charge is 2.43. The van der Waals surface area contributed by atoms with E-state index in [4.69, 9.17) is 14.2 Å². The zero-order valence-electron chi connectivity index (χ0n) is 41.7. The van der Waals surface area contributed by atoms with Crippen molar-refractivity contribution in [3.05, 3.63) is 108 Å². The van der Waals surface area contributed by atoms with E-state index in [1.165, 1.54) is 24.9 Å². The first-order chi connectivity index (χ1) is 30.5. The Kier molecular flexibility index (Phi) is 26.5. The van der Waals surface area contributed by atoms with Crippen LogP contribution >= 0.6 is 0 Å². The lowest BCUT2D eigenvalue weighted by Gasteiger charge is -2.38. The van der Waals surface area contributed by atoms with Crippen LogP contribution in [0.4, 0.5) is 0 Å². The minimum absolute atomic E-state index is 0.106. The highest BCUT2D eigenvalue weighted by atomic mass is 16.6. The summed E-state index contributed by atoms with van der Waals surface area (Å²) >= 11 is 0. The lowest BCUT2D eigenvalue weighted by molar-refractivity contribution is -0.903. The molecule has 0 aromatic heterocycles. The molecule has 1 fully saturated rings. The molecular formula is C55H88N2O7+2. The maximum absolute atomic E-state index is 13.0. The fourth-order valence-electron chi connectivity index (χ4n) is 7.84. The number of nitrogens with zero attached hydrogens (tertiary/aromatic N) is 2. The molecule has 1 N–H and O–H groups in total. The molecule has 3 unspecified atom stereocenters. The second kappa shape index (κ2) is 30.2. The van der Waals surface area contributed by atoms with Gasteiger partial charge in [-0.05, 0) is 42.2 Å². The Bertz CT molecular complexity index is 1650. The van der Waals surface area contributed by atoms with E-state index < -0.39 is 17.5 Å². The van der Waals surface area contributed by atoms with Gasteiger partial charge in [0.25, 0.3) is 0 Å². The average molecular weight is 889 g/mol. The third-order valence-corrected chi connectivity index (χ3v) is 12.5. The third kappa shape index (κ3) is 21.3. The zero-order chi connectivity index (χ0) is 47.4. The number of carbonyl (C=O) groups excluding carboxylic acids is 3. The van der Waals surface area contributed by atoms with Gasteiger partial charge in [-0.25, -0.2) is 4.79 Å². The minimum atomic E-state index is -1.79. The third-order valence-electron chi connectivity index (χ3n) is 12.5. The molecule has 64 heavy (non-hydrogen) atoms. The molecule has 0 bridgehead atoms. The van der Waals surface area contributed by atoms with Crippen molar-refractivity contribution in [2.24, 2.45) is 17.8 Å². The Labute approximate surface area is 389 Å². The summed E-state index contributed by atoms with van der Waals surface area (Å²) in [7, 11) is 8.98. The summed E-state index contributed by atoms with van der Waals surface area (Å²) in [6.45, 7) is 17.8. The monoisotopic (exact) mass is 889 g/mol. The van der Waals surface area contributed by atoms with Crippen molar-refractivity contribution in [3.8, 4) is 0 Å². The van der Waals surface area contributed by atoms with Gasteiger partial charge in [-0.1, -0.05) is 177 Å². The summed E-state index contributed by atoms with van der Waals surface area (Å²) in [5.74, 6) is -0.765. The van der Waals surface area contributed by atoms with Gasteiger partial charge in [-0.2, -0.15) is 0 Å². The maximum Gasteiger partial charge on any atom is 0.347 e. The number of ether oxygens (including phenoxy) is 3. The normalized spacial score (nSPS) is 15.2. The molecule has 0 amide bonds. The van der Waals surface area contributed by atoms with Gasteiger partial charge in [0.05, 0.1) is 73.4 Å². The highest BCUT2D eigenvalue weighted by molar-refractivity contribution is 5.85. The molecule has 1 heterocycles. The van der Waals surface area contributed by atoms with Crippen LogP contribution in [0, 0.1) is 17.8 Å². The van der Waals surface area contributed by atoms with E-state index in [1.807, 2.05) is 36.4 Å².